The highest BCUT2D eigenvalue weighted by Gasteiger charge is 2.41. The molecule has 0 aliphatic rings. The smallest absolute Gasteiger partial charge is 0.317 e. The van der Waals surface area contributed by atoms with Crippen LogP contribution in [0.3, 0.4) is 0 Å². The van der Waals surface area contributed by atoms with Crippen LogP contribution in [0.1, 0.15) is 38.3 Å². The number of nitrogens with two attached hydrogens (primary N) is 1. The fourth-order valence-corrected chi connectivity index (χ4v) is 2.51. The van der Waals surface area contributed by atoms with Crippen LogP contribution in [0.4, 0.5) is 0 Å². The van der Waals surface area contributed by atoms with E-state index in [-0.39, 0.29) is 12.5 Å². The van der Waals surface area contributed by atoms with E-state index >= 15 is 0 Å². The van der Waals surface area contributed by atoms with Crippen molar-refractivity contribution in [3.05, 3.63) is 35.4 Å². The van der Waals surface area contributed by atoms with Gasteiger partial charge in [0.1, 0.15) is 5.41 Å². The van der Waals surface area contributed by atoms with Crippen molar-refractivity contribution in [3.8, 4) is 0 Å². The van der Waals surface area contributed by atoms with E-state index < -0.39 is 5.41 Å². The Kier molecular flexibility index (Phi) is 5.55. The van der Waals surface area contributed by atoms with E-state index in [4.69, 9.17) is 10.5 Å². The molecule has 3 heteroatoms. The van der Waals surface area contributed by atoms with Crippen molar-refractivity contribution < 1.29 is 9.53 Å². The van der Waals surface area contributed by atoms with Gasteiger partial charge in [0.25, 0.3) is 0 Å². The number of hydrogen-bond acceptors (Lipinski definition) is 3. The summed E-state index contributed by atoms with van der Waals surface area (Å²) in [6.07, 6.45) is 0.700. The fraction of sp³-hybridized carbons (Fsp3) is 0.562. The molecule has 0 heterocycles. The largest absolute Gasteiger partial charge is 0.465 e. The second-order valence-corrected chi connectivity index (χ2v) is 5.47. The third kappa shape index (κ3) is 3.57. The van der Waals surface area contributed by atoms with Gasteiger partial charge < -0.3 is 10.5 Å². The van der Waals surface area contributed by atoms with Gasteiger partial charge in [0.2, 0.25) is 0 Å². The van der Waals surface area contributed by atoms with Gasteiger partial charge in [-0.05, 0) is 31.7 Å². The molecule has 0 spiro atoms. The lowest BCUT2D eigenvalue weighted by Gasteiger charge is -2.32. The predicted molar refractivity (Wildman–Crippen MR) is 78.0 cm³/mol. The quantitative estimate of drug-likeness (QED) is 0.803. The molecule has 0 aromatic heterocycles. The van der Waals surface area contributed by atoms with Gasteiger partial charge >= 0.3 is 5.97 Å². The molecule has 0 saturated heterocycles. The van der Waals surface area contributed by atoms with Crippen LogP contribution in [0, 0.1) is 12.8 Å². The molecule has 0 bridgehead atoms. The molecular formula is C16H25NO2. The Morgan fingerprint density at radius 1 is 1.42 bits per heavy atom. The van der Waals surface area contributed by atoms with E-state index in [2.05, 4.69) is 13.8 Å². The summed E-state index contributed by atoms with van der Waals surface area (Å²) in [4.78, 5) is 12.4. The number of aryl methyl sites for hydroxylation is 1. The first-order valence-corrected chi connectivity index (χ1v) is 6.90. The van der Waals surface area contributed by atoms with Gasteiger partial charge in [0, 0.05) is 6.54 Å². The Morgan fingerprint density at radius 3 is 2.58 bits per heavy atom. The molecule has 2 N–H and O–H groups in total. The lowest BCUT2D eigenvalue weighted by atomic mass is 9.74. The molecule has 1 rings (SSSR count). The maximum atomic E-state index is 12.4. The zero-order chi connectivity index (χ0) is 14.5. The van der Waals surface area contributed by atoms with E-state index in [1.54, 1.807) is 0 Å². The number of esters is 1. The van der Waals surface area contributed by atoms with Gasteiger partial charge in [-0.1, -0.05) is 43.7 Å². The zero-order valence-electron chi connectivity index (χ0n) is 12.4. The molecule has 0 aliphatic heterocycles. The first-order valence-electron chi connectivity index (χ1n) is 6.90. The maximum absolute atomic E-state index is 12.4. The molecule has 19 heavy (non-hydrogen) atoms. The summed E-state index contributed by atoms with van der Waals surface area (Å²) in [5.74, 6) is 0.158. The SMILES string of the molecule is CCOC(=O)C(CN)(CC(C)C)c1cccc(C)c1. The van der Waals surface area contributed by atoms with Crippen LogP contribution in [0.2, 0.25) is 0 Å². The first-order chi connectivity index (χ1) is 8.96. The predicted octanol–water partition coefficient (Wildman–Crippen LogP) is 2.80. The van der Waals surface area contributed by atoms with E-state index in [1.807, 2.05) is 38.1 Å². The normalized spacial score (nSPS) is 14.2. The van der Waals surface area contributed by atoms with E-state index in [9.17, 15) is 4.79 Å². The maximum Gasteiger partial charge on any atom is 0.317 e. The van der Waals surface area contributed by atoms with Crippen molar-refractivity contribution in [1.82, 2.24) is 0 Å². The van der Waals surface area contributed by atoms with Crippen molar-refractivity contribution in [2.75, 3.05) is 13.2 Å². The summed E-state index contributed by atoms with van der Waals surface area (Å²) in [6, 6.07) is 7.99. The second kappa shape index (κ2) is 6.71. The van der Waals surface area contributed by atoms with Gasteiger partial charge in [0.05, 0.1) is 6.61 Å². The molecule has 0 amide bonds. The summed E-state index contributed by atoms with van der Waals surface area (Å²) in [6.45, 7) is 8.69. The highest BCUT2D eigenvalue weighted by molar-refractivity contribution is 5.83. The first kappa shape index (κ1) is 15.7. The average Bonchev–Trinajstić information content (AvgIpc) is 2.36. The highest BCUT2D eigenvalue weighted by Crippen LogP contribution is 2.32. The Labute approximate surface area is 116 Å². The van der Waals surface area contributed by atoms with Gasteiger partial charge in [-0.25, -0.2) is 0 Å². The van der Waals surface area contributed by atoms with Crippen LogP contribution in [0.15, 0.2) is 24.3 Å². The minimum atomic E-state index is -0.726. The van der Waals surface area contributed by atoms with Gasteiger partial charge in [-0.3, -0.25) is 4.79 Å². The van der Waals surface area contributed by atoms with Crippen LogP contribution >= 0.6 is 0 Å². The lowest BCUT2D eigenvalue weighted by molar-refractivity contribution is -0.150. The summed E-state index contributed by atoms with van der Waals surface area (Å²) >= 11 is 0. The minimum Gasteiger partial charge on any atom is -0.465 e. The zero-order valence-corrected chi connectivity index (χ0v) is 12.4. The minimum absolute atomic E-state index is 0.211. The third-order valence-electron chi connectivity index (χ3n) is 3.34. The number of hydrogen-bond donors (Lipinski definition) is 1. The molecule has 1 aromatic carbocycles. The van der Waals surface area contributed by atoms with Gasteiger partial charge in [0.15, 0.2) is 0 Å². The molecule has 0 fully saturated rings. The van der Waals surface area contributed by atoms with Crippen LogP contribution in [0.25, 0.3) is 0 Å². The highest BCUT2D eigenvalue weighted by atomic mass is 16.5. The monoisotopic (exact) mass is 263 g/mol. The number of carbonyl (C=O) groups excluding carboxylic acids is 1. The third-order valence-corrected chi connectivity index (χ3v) is 3.34. The van der Waals surface area contributed by atoms with E-state index in [0.29, 0.717) is 18.9 Å². The summed E-state index contributed by atoms with van der Waals surface area (Å²) < 4.78 is 5.27. The summed E-state index contributed by atoms with van der Waals surface area (Å²) in [7, 11) is 0. The van der Waals surface area contributed by atoms with E-state index in [0.717, 1.165) is 11.1 Å². The molecule has 106 valence electrons. The molecule has 1 aromatic rings. The average molecular weight is 263 g/mol. The molecular weight excluding hydrogens is 238 g/mol. The summed E-state index contributed by atoms with van der Waals surface area (Å²) in [5.41, 5.74) is 7.33. The van der Waals surface area contributed by atoms with Crippen LogP contribution in [0.5, 0.6) is 0 Å². The standard InChI is InChI=1S/C16H25NO2/c1-5-19-15(18)16(11-17,10-12(2)3)14-8-6-7-13(4)9-14/h6-9,12H,5,10-11,17H2,1-4H3. The Hall–Kier alpha value is -1.35. The Balaban J connectivity index is 3.26. The molecule has 1 atom stereocenters. The van der Waals surface area contributed by atoms with Crippen LogP contribution in [-0.2, 0) is 14.9 Å². The molecule has 0 radical (unpaired) electrons. The van der Waals surface area contributed by atoms with Crippen molar-refractivity contribution in [2.45, 2.75) is 39.5 Å². The number of ether oxygens (including phenoxy) is 1. The fourth-order valence-electron chi connectivity index (χ4n) is 2.51. The number of benzene rings is 1. The van der Waals surface area contributed by atoms with Crippen LogP contribution < -0.4 is 5.73 Å². The molecule has 0 aliphatic carbocycles. The number of carbonyl (C=O) groups is 1. The topological polar surface area (TPSA) is 52.3 Å². The van der Waals surface area contributed by atoms with Crippen molar-refractivity contribution >= 4 is 5.97 Å². The second-order valence-electron chi connectivity index (χ2n) is 5.47. The summed E-state index contributed by atoms with van der Waals surface area (Å²) in [5, 5.41) is 0. The molecule has 3 nitrogen and oxygen atoms in total. The van der Waals surface area contributed by atoms with Crippen LogP contribution in [-0.4, -0.2) is 19.1 Å². The Bertz CT molecular complexity index is 429. The Morgan fingerprint density at radius 2 is 2.11 bits per heavy atom. The molecule has 1 unspecified atom stereocenters. The van der Waals surface area contributed by atoms with E-state index in [1.165, 1.54) is 0 Å². The van der Waals surface area contributed by atoms with Crippen molar-refractivity contribution in [3.63, 3.8) is 0 Å². The van der Waals surface area contributed by atoms with Gasteiger partial charge in [-0.15, -0.1) is 0 Å². The van der Waals surface area contributed by atoms with Crippen molar-refractivity contribution in [1.29, 1.82) is 0 Å². The molecule has 0 saturated carbocycles. The van der Waals surface area contributed by atoms with Gasteiger partial charge in [-0.2, -0.15) is 0 Å². The number of rotatable bonds is 6. The lowest BCUT2D eigenvalue weighted by Crippen LogP contribution is -2.45. The van der Waals surface area contributed by atoms with Crippen molar-refractivity contribution in [2.24, 2.45) is 11.7 Å².